The van der Waals surface area contributed by atoms with Crippen LogP contribution in [0.3, 0.4) is 0 Å². The highest BCUT2D eigenvalue weighted by atomic mass is 28.4. The lowest BCUT2D eigenvalue weighted by Crippen LogP contribution is -2.44. The molecule has 0 aromatic carbocycles. The molecule has 0 saturated heterocycles. The van der Waals surface area contributed by atoms with Crippen molar-refractivity contribution in [2.75, 3.05) is 0 Å². The number of aromatic nitrogens is 3. The number of fused-ring (bicyclic) bond motifs is 1. The molecular weight excluding hydrogens is 230 g/mol. The van der Waals surface area contributed by atoms with Crippen LogP contribution < -0.4 is 0 Å². The summed E-state index contributed by atoms with van der Waals surface area (Å²) < 4.78 is 8.38. The SMILES string of the molecule is Cc1nc2n(n1)C[C@@H](O[Si](C)(C)C(C)(C)C)C2. The molecule has 0 amide bonds. The molecule has 0 radical (unpaired) electrons. The summed E-state index contributed by atoms with van der Waals surface area (Å²) >= 11 is 0. The van der Waals surface area contributed by atoms with E-state index in [4.69, 9.17) is 4.43 Å². The van der Waals surface area contributed by atoms with Gasteiger partial charge in [-0.1, -0.05) is 20.8 Å². The van der Waals surface area contributed by atoms with Crippen LogP contribution in [0.15, 0.2) is 0 Å². The number of nitrogens with zero attached hydrogens (tertiary/aromatic N) is 3. The van der Waals surface area contributed by atoms with Crippen LogP contribution in [0.5, 0.6) is 0 Å². The van der Waals surface area contributed by atoms with Gasteiger partial charge in [-0.05, 0) is 25.1 Å². The lowest BCUT2D eigenvalue weighted by atomic mass is 10.2. The minimum Gasteiger partial charge on any atom is -0.412 e. The van der Waals surface area contributed by atoms with E-state index in [-0.39, 0.29) is 11.1 Å². The molecule has 5 heteroatoms. The van der Waals surface area contributed by atoms with Crippen LogP contribution in [-0.4, -0.2) is 29.2 Å². The fourth-order valence-electron chi connectivity index (χ4n) is 1.93. The molecule has 0 unspecified atom stereocenters. The smallest absolute Gasteiger partial charge is 0.192 e. The summed E-state index contributed by atoms with van der Waals surface area (Å²) in [7, 11) is -1.66. The fraction of sp³-hybridized carbons (Fsp3) is 0.833. The van der Waals surface area contributed by atoms with Crippen molar-refractivity contribution in [1.29, 1.82) is 0 Å². The van der Waals surface area contributed by atoms with Crippen molar-refractivity contribution in [3.63, 3.8) is 0 Å². The van der Waals surface area contributed by atoms with Gasteiger partial charge < -0.3 is 4.43 Å². The van der Waals surface area contributed by atoms with Gasteiger partial charge in [-0.2, -0.15) is 5.10 Å². The Bertz CT molecular complexity index is 396. The first-order valence-electron chi connectivity index (χ1n) is 6.27. The third kappa shape index (κ3) is 2.45. The minimum absolute atomic E-state index is 0.265. The predicted octanol–water partition coefficient (Wildman–Crippen LogP) is 2.53. The molecule has 2 heterocycles. The van der Waals surface area contributed by atoms with Gasteiger partial charge in [-0.15, -0.1) is 0 Å². The molecule has 0 saturated carbocycles. The second-order valence-corrected chi connectivity index (χ2v) is 11.2. The van der Waals surface area contributed by atoms with Crippen LogP contribution in [0.1, 0.15) is 32.4 Å². The van der Waals surface area contributed by atoms with Crippen molar-refractivity contribution < 1.29 is 4.43 Å². The number of hydrogen-bond donors (Lipinski definition) is 0. The molecule has 1 aliphatic rings. The van der Waals surface area contributed by atoms with Gasteiger partial charge in [0, 0.05) is 6.42 Å². The zero-order chi connectivity index (χ0) is 12.8. The van der Waals surface area contributed by atoms with E-state index in [1.165, 1.54) is 0 Å². The van der Waals surface area contributed by atoms with E-state index in [2.05, 4.69) is 43.9 Å². The lowest BCUT2D eigenvalue weighted by molar-refractivity contribution is 0.177. The second-order valence-electron chi connectivity index (χ2n) is 6.46. The Kier molecular flexibility index (Phi) is 2.94. The maximum absolute atomic E-state index is 6.38. The van der Waals surface area contributed by atoms with Crippen molar-refractivity contribution in [2.45, 2.75) is 64.9 Å². The van der Waals surface area contributed by atoms with E-state index in [0.717, 1.165) is 24.6 Å². The molecular formula is C12H23N3OSi. The minimum atomic E-state index is -1.66. The zero-order valence-electron chi connectivity index (χ0n) is 11.7. The lowest BCUT2D eigenvalue weighted by Gasteiger charge is -2.38. The zero-order valence-corrected chi connectivity index (χ0v) is 12.7. The molecule has 1 atom stereocenters. The highest BCUT2D eigenvalue weighted by molar-refractivity contribution is 6.74. The molecule has 2 rings (SSSR count). The van der Waals surface area contributed by atoms with Crippen LogP contribution >= 0.6 is 0 Å². The number of aryl methyl sites for hydroxylation is 1. The van der Waals surface area contributed by atoms with Crippen molar-refractivity contribution in [3.8, 4) is 0 Å². The maximum atomic E-state index is 6.38. The van der Waals surface area contributed by atoms with E-state index >= 15 is 0 Å². The summed E-state index contributed by atoms with van der Waals surface area (Å²) in [6.07, 6.45) is 1.18. The number of hydrogen-bond acceptors (Lipinski definition) is 3. The summed E-state index contributed by atoms with van der Waals surface area (Å²) in [6.45, 7) is 14.2. The molecule has 1 aromatic heterocycles. The third-order valence-corrected chi connectivity index (χ3v) is 8.44. The predicted molar refractivity (Wildman–Crippen MR) is 70.5 cm³/mol. The summed E-state index contributed by atoms with van der Waals surface area (Å²) in [4.78, 5) is 4.42. The maximum Gasteiger partial charge on any atom is 0.192 e. The van der Waals surface area contributed by atoms with E-state index in [0.29, 0.717) is 0 Å². The van der Waals surface area contributed by atoms with Gasteiger partial charge in [-0.3, -0.25) is 0 Å². The molecule has 0 aliphatic carbocycles. The van der Waals surface area contributed by atoms with Crippen LogP contribution in [0.4, 0.5) is 0 Å². The summed E-state index contributed by atoms with van der Waals surface area (Å²) in [5, 5.41) is 4.64. The van der Waals surface area contributed by atoms with Crippen LogP contribution in [-0.2, 0) is 17.4 Å². The van der Waals surface area contributed by atoms with Crippen molar-refractivity contribution in [1.82, 2.24) is 14.8 Å². The van der Waals surface area contributed by atoms with Crippen LogP contribution in [0.25, 0.3) is 0 Å². The van der Waals surface area contributed by atoms with Crippen LogP contribution in [0, 0.1) is 6.92 Å². The quantitative estimate of drug-likeness (QED) is 0.760. The third-order valence-electron chi connectivity index (χ3n) is 3.91. The second kappa shape index (κ2) is 3.92. The van der Waals surface area contributed by atoms with Crippen molar-refractivity contribution in [3.05, 3.63) is 11.6 Å². The first-order valence-corrected chi connectivity index (χ1v) is 9.18. The first-order chi connectivity index (χ1) is 7.69. The average Bonchev–Trinajstić information content (AvgIpc) is 2.57. The van der Waals surface area contributed by atoms with E-state index in [1.54, 1.807) is 0 Å². The molecule has 0 spiro atoms. The summed E-state index contributed by atoms with van der Waals surface area (Å²) in [5.74, 6) is 1.94. The molecule has 96 valence electrons. The highest BCUT2D eigenvalue weighted by Crippen LogP contribution is 2.38. The monoisotopic (exact) mass is 253 g/mol. The van der Waals surface area contributed by atoms with Gasteiger partial charge in [0.15, 0.2) is 8.32 Å². The molecule has 1 aromatic rings. The van der Waals surface area contributed by atoms with Gasteiger partial charge in [0.05, 0.1) is 12.6 Å². The summed E-state index contributed by atoms with van der Waals surface area (Å²) in [5.41, 5.74) is 0. The highest BCUT2D eigenvalue weighted by Gasteiger charge is 2.40. The Morgan fingerprint density at radius 1 is 1.35 bits per heavy atom. The number of rotatable bonds is 2. The van der Waals surface area contributed by atoms with E-state index in [9.17, 15) is 0 Å². The molecule has 17 heavy (non-hydrogen) atoms. The Morgan fingerprint density at radius 3 is 2.53 bits per heavy atom. The first kappa shape index (κ1) is 12.8. The fourth-order valence-corrected chi connectivity index (χ4v) is 3.27. The Labute approximate surface area is 105 Å². The Hall–Kier alpha value is -0.683. The normalized spacial score (nSPS) is 20.7. The standard InChI is InChI=1S/C12H23N3OSi/c1-9-13-11-7-10(8-15(11)14-9)16-17(5,6)12(2,3)4/h10H,7-8H2,1-6H3/t10-/m0/s1. The van der Waals surface area contributed by atoms with E-state index < -0.39 is 8.32 Å². The average molecular weight is 253 g/mol. The van der Waals surface area contributed by atoms with Crippen molar-refractivity contribution >= 4 is 8.32 Å². The van der Waals surface area contributed by atoms with Gasteiger partial charge in [-0.25, -0.2) is 9.67 Å². The largest absolute Gasteiger partial charge is 0.412 e. The Morgan fingerprint density at radius 2 is 2.00 bits per heavy atom. The van der Waals surface area contributed by atoms with Crippen molar-refractivity contribution in [2.24, 2.45) is 0 Å². The molecule has 0 N–H and O–H groups in total. The molecule has 0 fully saturated rings. The molecule has 4 nitrogen and oxygen atoms in total. The Balaban J connectivity index is 2.03. The summed E-state index contributed by atoms with van der Waals surface area (Å²) in [6, 6.07) is 0. The van der Waals surface area contributed by atoms with Gasteiger partial charge in [0.1, 0.15) is 11.6 Å². The van der Waals surface area contributed by atoms with E-state index in [1.807, 2.05) is 11.6 Å². The van der Waals surface area contributed by atoms with Gasteiger partial charge in [0.25, 0.3) is 0 Å². The molecule has 1 aliphatic heterocycles. The van der Waals surface area contributed by atoms with Gasteiger partial charge >= 0.3 is 0 Å². The van der Waals surface area contributed by atoms with Crippen LogP contribution in [0.2, 0.25) is 18.1 Å². The topological polar surface area (TPSA) is 39.9 Å². The van der Waals surface area contributed by atoms with Gasteiger partial charge in [0.2, 0.25) is 0 Å². The molecule has 0 bridgehead atoms.